The SMILES string of the molecule is COc1ccc(CN(C2CC2)S(=O)(=O)c2ccc(F)c([N+](=O)[O-])c2)cc1. The van der Waals surface area contributed by atoms with E-state index in [1.165, 1.54) is 11.4 Å². The zero-order chi connectivity index (χ0) is 18.9. The Labute approximate surface area is 150 Å². The summed E-state index contributed by atoms with van der Waals surface area (Å²) in [6, 6.07) is 9.46. The zero-order valence-electron chi connectivity index (χ0n) is 14.0. The van der Waals surface area contributed by atoms with Crippen molar-refractivity contribution in [2.24, 2.45) is 0 Å². The molecule has 26 heavy (non-hydrogen) atoms. The van der Waals surface area contributed by atoms with Crippen LogP contribution in [0.3, 0.4) is 0 Å². The molecule has 1 aliphatic carbocycles. The van der Waals surface area contributed by atoms with Gasteiger partial charge in [-0.05, 0) is 42.7 Å². The minimum absolute atomic E-state index is 0.127. The van der Waals surface area contributed by atoms with E-state index in [4.69, 9.17) is 4.74 Å². The van der Waals surface area contributed by atoms with Gasteiger partial charge in [-0.1, -0.05) is 12.1 Å². The highest BCUT2D eigenvalue weighted by atomic mass is 32.2. The summed E-state index contributed by atoms with van der Waals surface area (Å²) in [6.45, 7) is 0.127. The number of rotatable bonds is 7. The highest BCUT2D eigenvalue weighted by Gasteiger charge is 2.38. The molecule has 0 aromatic heterocycles. The third-order valence-electron chi connectivity index (χ3n) is 4.17. The van der Waals surface area contributed by atoms with Crippen LogP contribution in [0.25, 0.3) is 0 Å². The Kier molecular flexibility index (Phi) is 4.92. The van der Waals surface area contributed by atoms with Gasteiger partial charge >= 0.3 is 5.69 Å². The van der Waals surface area contributed by atoms with Crippen LogP contribution in [0, 0.1) is 15.9 Å². The average molecular weight is 380 g/mol. The average Bonchev–Trinajstić information content (AvgIpc) is 3.44. The molecule has 1 saturated carbocycles. The molecule has 9 heteroatoms. The number of nitro groups is 1. The Morgan fingerprint density at radius 3 is 2.42 bits per heavy atom. The molecular weight excluding hydrogens is 363 g/mol. The fraction of sp³-hybridized carbons (Fsp3) is 0.294. The Balaban J connectivity index is 1.93. The van der Waals surface area contributed by atoms with Crippen molar-refractivity contribution in [2.45, 2.75) is 30.3 Å². The number of ether oxygens (including phenoxy) is 1. The lowest BCUT2D eigenvalue weighted by atomic mass is 10.2. The Morgan fingerprint density at radius 2 is 1.88 bits per heavy atom. The molecule has 2 aromatic rings. The molecule has 1 aliphatic rings. The first-order valence-electron chi connectivity index (χ1n) is 7.91. The van der Waals surface area contributed by atoms with E-state index in [-0.39, 0.29) is 17.5 Å². The van der Waals surface area contributed by atoms with Gasteiger partial charge in [0.15, 0.2) is 0 Å². The van der Waals surface area contributed by atoms with Gasteiger partial charge in [-0.25, -0.2) is 8.42 Å². The molecule has 0 aliphatic heterocycles. The summed E-state index contributed by atoms with van der Waals surface area (Å²) in [5, 5.41) is 10.9. The second-order valence-corrected chi connectivity index (χ2v) is 7.89. The monoisotopic (exact) mass is 380 g/mol. The van der Waals surface area contributed by atoms with Crippen molar-refractivity contribution >= 4 is 15.7 Å². The van der Waals surface area contributed by atoms with Gasteiger partial charge in [-0.15, -0.1) is 0 Å². The fourth-order valence-electron chi connectivity index (χ4n) is 2.61. The van der Waals surface area contributed by atoms with Crippen molar-refractivity contribution < 1.29 is 22.5 Å². The number of nitro benzene ring substituents is 1. The van der Waals surface area contributed by atoms with Gasteiger partial charge in [-0.2, -0.15) is 8.70 Å². The molecule has 0 unspecified atom stereocenters. The van der Waals surface area contributed by atoms with Gasteiger partial charge in [-0.3, -0.25) is 10.1 Å². The number of hydrogen-bond acceptors (Lipinski definition) is 5. The predicted molar refractivity (Wildman–Crippen MR) is 91.8 cm³/mol. The molecule has 2 aromatic carbocycles. The second-order valence-electron chi connectivity index (χ2n) is 6.00. The van der Waals surface area contributed by atoms with Crippen LogP contribution in [0.4, 0.5) is 10.1 Å². The molecule has 1 fully saturated rings. The molecule has 0 saturated heterocycles. The quantitative estimate of drug-likeness (QED) is 0.544. The standard InChI is InChI=1S/C17H17FN2O5S/c1-25-14-6-2-12(3-7-14)11-19(13-4-5-13)26(23,24)15-8-9-16(18)17(10-15)20(21)22/h2-3,6-10,13H,4-5,11H2,1H3. The molecule has 0 radical (unpaired) electrons. The molecule has 0 atom stereocenters. The van der Waals surface area contributed by atoms with E-state index in [9.17, 15) is 22.9 Å². The zero-order valence-corrected chi connectivity index (χ0v) is 14.8. The summed E-state index contributed by atoms with van der Waals surface area (Å²) in [6.07, 6.45) is 1.44. The third-order valence-corrected chi connectivity index (χ3v) is 6.07. The van der Waals surface area contributed by atoms with Crippen molar-refractivity contribution in [3.63, 3.8) is 0 Å². The third kappa shape index (κ3) is 3.68. The van der Waals surface area contributed by atoms with E-state index in [1.54, 1.807) is 24.3 Å². The van der Waals surface area contributed by atoms with E-state index < -0.39 is 26.5 Å². The summed E-state index contributed by atoms with van der Waals surface area (Å²) in [4.78, 5) is 9.70. The lowest BCUT2D eigenvalue weighted by molar-refractivity contribution is -0.387. The Bertz CT molecular complexity index is 927. The summed E-state index contributed by atoms with van der Waals surface area (Å²) in [7, 11) is -2.45. The van der Waals surface area contributed by atoms with Crippen molar-refractivity contribution in [3.05, 3.63) is 64.0 Å². The van der Waals surface area contributed by atoms with E-state index in [0.29, 0.717) is 5.75 Å². The highest BCUT2D eigenvalue weighted by Crippen LogP contribution is 2.34. The van der Waals surface area contributed by atoms with Gasteiger partial charge < -0.3 is 4.74 Å². The van der Waals surface area contributed by atoms with E-state index in [2.05, 4.69) is 0 Å². The predicted octanol–water partition coefficient (Wildman–Crippen LogP) is 3.10. The van der Waals surface area contributed by atoms with Gasteiger partial charge in [0.25, 0.3) is 0 Å². The van der Waals surface area contributed by atoms with Crippen LogP contribution in [-0.2, 0) is 16.6 Å². The van der Waals surface area contributed by atoms with Crippen molar-refractivity contribution in [1.82, 2.24) is 4.31 Å². The lowest BCUT2D eigenvalue weighted by Gasteiger charge is -2.22. The molecular formula is C17H17FN2O5S. The topological polar surface area (TPSA) is 89.8 Å². The van der Waals surface area contributed by atoms with Gasteiger partial charge in [0.05, 0.1) is 16.9 Å². The largest absolute Gasteiger partial charge is 0.497 e. The Hall–Kier alpha value is -2.52. The number of methoxy groups -OCH3 is 1. The van der Waals surface area contributed by atoms with Crippen molar-refractivity contribution in [2.75, 3.05) is 7.11 Å². The van der Waals surface area contributed by atoms with Gasteiger partial charge in [0.2, 0.25) is 15.8 Å². The minimum atomic E-state index is -3.99. The van der Waals surface area contributed by atoms with Crippen LogP contribution >= 0.6 is 0 Å². The number of nitrogens with zero attached hydrogens (tertiary/aromatic N) is 2. The van der Waals surface area contributed by atoms with E-state index >= 15 is 0 Å². The number of halogens is 1. The van der Waals surface area contributed by atoms with Crippen LogP contribution < -0.4 is 4.74 Å². The fourth-order valence-corrected chi connectivity index (χ4v) is 4.31. The first-order valence-corrected chi connectivity index (χ1v) is 9.35. The molecule has 0 N–H and O–H groups in total. The maximum Gasteiger partial charge on any atom is 0.306 e. The van der Waals surface area contributed by atoms with Crippen LogP contribution in [0.15, 0.2) is 47.4 Å². The Morgan fingerprint density at radius 1 is 1.23 bits per heavy atom. The van der Waals surface area contributed by atoms with Crippen molar-refractivity contribution in [3.8, 4) is 5.75 Å². The number of sulfonamides is 1. The van der Waals surface area contributed by atoms with Crippen LogP contribution in [0.1, 0.15) is 18.4 Å². The second kappa shape index (κ2) is 7.00. The van der Waals surface area contributed by atoms with Crippen LogP contribution in [-0.4, -0.2) is 30.8 Å². The first kappa shape index (κ1) is 18.3. The maximum absolute atomic E-state index is 13.5. The molecule has 138 valence electrons. The highest BCUT2D eigenvalue weighted by molar-refractivity contribution is 7.89. The van der Waals surface area contributed by atoms with E-state index in [0.717, 1.165) is 36.6 Å². The molecule has 7 nitrogen and oxygen atoms in total. The molecule has 0 spiro atoms. The van der Waals surface area contributed by atoms with Gasteiger partial charge in [0.1, 0.15) is 5.75 Å². The van der Waals surface area contributed by atoms with Gasteiger partial charge in [0, 0.05) is 18.7 Å². The van der Waals surface area contributed by atoms with Crippen molar-refractivity contribution in [1.29, 1.82) is 0 Å². The maximum atomic E-state index is 13.5. The van der Waals surface area contributed by atoms with E-state index in [1.807, 2.05) is 0 Å². The molecule has 0 bridgehead atoms. The van der Waals surface area contributed by atoms with Crippen LogP contribution in [0.2, 0.25) is 0 Å². The molecule has 0 heterocycles. The lowest BCUT2D eigenvalue weighted by Crippen LogP contribution is -2.32. The van der Waals surface area contributed by atoms with Crippen LogP contribution in [0.5, 0.6) is 5.75 Å². The smallest absolute Gasteiger partial charge is 0.306 e. The summed E-state index contributed by atoms with van der Waals surface area (Å²) in [5.41, 5.74) is -0.0934. The molecule has 3 rings (SSSR count). The first-order chi connectivity index (χ1) is 12.3. The summed E-state index contributed by atoms with van der Waals surface area (Å²) in [5.74, 6) is -0.411. The number of benzene rings is 2. The minimum Gasteiger partial charge on any atom is -0.497 e. The normalized spacial score (nSPS) is 14.4. The number of hydrogen-bond donors (Lipinski definition) is 0. The summed E-state index contributed by atoms with van der Waals surface area (Å²) < 4.78 is 45.9. The molecule has 0 amide bonds. The summed E-state index contributed by atoms with van der Waals surface area (Å²) >= 11 is 0.